The zero-order valence-corrected chi connectivity index (χ0v) is 9.89. The van der Waals surface area contributed by atoms with Crippen LogP contribution in [-0.2, 0) is 9.53 Å². The molecule has 0 aromatic heterocycles. The molecule has 0 bridgehead atoms. The van der Waals surface area contributed by atoms with Gasteiger partial charge in [0, 0.05) is 6.04 Å². The summed E-state index contributed by atoms with van der Waals surface area (Å²) in [5.74, 6) is 4.86. The van der Waals surface area contributed by atoms with Gasteiger partial charge in [-0.1, -0.05) is 5.92 Å². The van der Waals surface area contributed by atoms with E-state index >= 15 is 0 Å². The highest BCUT2D eigenvalue weighted by atomic mass is 16.5. The molecule has 84 valence electrons. The molecule has 1 fully saturated rings. The molecule has 15 heavy (non-hydrogen) atoms. The lowest BCUT2D eigenvalue weighted by Crippen LogP contribution is -2.49. The van der Waals surface area contributed by atoms with Gasteiger partial charge in [-0.25, -0.2) is 0 Å². The maximum Gasteiger partial charge on any atom is 0.296 e. The van der Waals surface area contributed by atoms with Crippen molar-refractivity contribution in [3.8, 4) is 11.8 Å². The van der Waals surface area contributed by atoms with E-state index in [-0.39, 0.29) is 23.7 Å². The number of ether oxygens (including phenoxy) is 1. The summed E-state index contributed by atoms with van der Waals surface area (Å²) in [6.45, 7) is 7.79. The fourth-order valence-corrected chi connectivity index (χ4v) is 1.61. The van der Waals surface area contributed by atoms with Gasteiger partial charge in [-0.05, 0) is 46.5 Å². The minimum absolute atomic E-state index is 0.0944. The van der Waals surface area contributed by atoms with Crippen molar-refractivity contribution in [2.75, 3.05) is 0 Å². The summed E-state index contributed by atoms with van der Waals surface area (Å²) >= 11 is 0. The summed E-state index contributed by atoms with van der Waals surface area (Å²) in [6.07, 6.45) is 2.08. The zero-order valence-electron chi connectivity index (χ0n) is 9.89. The third kappa shape index (κ3) is 4.35. The second kappa shape index (κ2) is 4.67. The molecule has 0 atom stereocenters. The van der Waals surface area contributed by atoms with E-state index in [1.165, 1.54) is 0 Å². The third-order valence-corrected chi connectivity index (χ3v) is 2.19. The first-order valence-electron chi connectivity index (χ1n) is 5.32. The monoisotopic (exact) mass is 209 g/mol. The van der Waals surface area contributed by atoms with Crippen molar-refractivity contribution in [3.63, 3.8) is 0 Å². The van der Waals surface area contributed by atoms with Gasteiger partial charge in [0.1, 0.15) is 0 Å². The Morgan fingerprint density at radius 2 is 2.00 bits per heavy atom. The van der Waals surface area contributed by atoms with Crippen LogP contribution in [0.5, 0.6) is 0 Å². The molecule has 3 heteroatoms. The first-order chi connectivity index (χ1) is 6.90. The molecular formula is C12H19NO2. The molecule has 1 aliphatic carbocycles. The van der Waals surface area contributed by atoms with Gasteiger partial charge in [-0.3, -0.25) is 4.79 Å². The maximum atomic E-state index is 11.1. The molecule has 0 radical (unpaired) electrons. The van der Waals surface area contributed by atoms with Crippen LogP contribution in [0.1, 0.15) is 40.5 Å². The van der Waals surface area contributed by atoms with Gasteiger partial charge in [0.25, 0.3) is 5.91 Å². The van der Waals surface area contributed by atoms with Crippen LogP contribution in [0.2, 0.25) is 0 Å². The van der Waals surface area contributed by atoms with Crippen molar-refractivity contribution >= 4 is 5.91 Å². The molecule has 1 rings (SSSR count). The molecule has 0 spiro atoms. The lowest BCUT2D eigenvalue weighted by atomic mass is 9.88. The fourth-order valence-electron chi connectivity index (χ4n) is 1.61. The highest BCUT2D eigenvalue weighted by Gasteiger charge is 2.33. The van der Waals surface area contributed by atoms with Crippen LogP contribution < -0.4 is 5.32 Å². The second-order valence-corrected chi connectivity index (χ2v) is 4.87. The average Bonchev–Trinajstić information content (AvgIpc) is 1.98. The molecule has 1 saturated carbocycles. The molecule has 0 aromatic carbocycles. The van der Waals surface area contributed by atoms with Crippen LogP contribution in [0.15, 0.2) is 0 Å². The Hall–Kier alpha value is -1.01. The normalized spacial score (nSPS) is 24.8. The third-order valence-electron chi connectivity index (χ3n) is 2.19. The van der Waals surface area contributed by atoms with E-state index in [9.17, 15) is 4.79 Å². The molecule has 0 aliphatic heterocycles. The lowest BCUT2D eigenvalue weighted by Gasteiger charge is -2.39. The predicted molar refractivity (Wildman–Crippen MR) is 59.2 cm³/mol. The maximum absolute atomic E-state index is 11.1. The highest BCUT2D eigenvalue weighted by Crippen LogP contribution is 2.27. The van der Waals surface area contributed by atoms with Crippen molar-refractivity contribution < 1.29 is 9.53 Å². The Kier molecular flexibility index (Phi) is 3.76. The Bertz CT molecular complexity index is 287. The van der Waals surface area contributed by atoms with Crippen molar-refractivity contribution in [1.29, 1.82) is 0 Å². The van der Waals surface area contributed by atoms with Crippen molar-refractivity contribution in [3.05, 3.63) is 0 Å². The minimum atomic E-state index is -0.184. The van der Waals surface area contributed by atoms with E-state index in [0.29, 0.717) is 0 Å². The van der Waals surface area contributed by atoms with E-state index in [0.717, 1.165) is 12.8 Å². The van der Waals surface area contributed by atoms with Gasteiger partial charge in [-0.15, -0.1) is 0 Å². The first kappa shape index (κ1) is 12.1. The number of rotatable bonds is 2. The summed E-state index contributed by atoms with van der Waals surface area (Å²) in [6, 6.07) is 0.241. The lowest BCUT2D eigenvalue weighted by molar-refractivity contribution is -0.123. The first-order valence-corrected chi connectivity index (χ1v) is 5.32. The standard InChI is InChI=1S/C12H19NO2/c1-5-6-11(14)13-9-7-10(8-9)15-12(2,3)4/h9-10H,7-8H2,1-4H3,(H,13,14). The molecule has 0 saturated heterocycles. The van der Waals surface area contributed by atoms with Crippen LogP contribution >= 0.6 is 0 Å². The summed E-state index contributed by atoms with van der Waals surface area (Å²) in [5.41, 5.74) is -0.0944. The topological polar surface area (TPSA) is 38.3 Å². The SMILES string of the molecule is CC#CC(=O)NC1CC(OC(C)(C)C)C1. The molecule has 0 heterocycles. The van der Waals surface area contributed by atoms with Gasteiger partial charge in [0.2, 0.25) is 0 Å². The largest absolute Gasteiger partial charge is 0.372 e. The number of hydrogen-bond donors (Lipinski definition) is 1. The van der Waals surface area contributed by atoms with Crippen LogP contribution in [0.25, 0.3) is 0 Å². The Balaban J connectivity index is 2.20. The van der Waals surface area contributed by atoms with Crippen molar-refractivity contribution in [1.82, 2.24) is 5.32 Å². The van der Waals surface area contributed by atoms with Gasteiger partial charge in [0.15, 0.2) is 0 Å². The zero-order chi connectivity index (χ0) is 11.5. The smallest absolute Gasteiger partial charge is 0.296 e. The molecule has 1 amide bonds. The van der Waals surface area contributed by atoms with E-state index in [2.05, 4.69) is 17.2 Å². The second-order valence-electron chi connectivity index (χ2n) is 4.87. The Labute approximate surface area is 91.6 Å². The average molecular weight is 209 g/mol. The van der Waals surface area contributed by atoms with Crippen LogP contribution in [-0.4, -0.2) is 23.7 Å². The molecule has 0 aromatic rings. The van der Waals surface area contributed by atoms with E-state index in [1.807, 2.05) is 20.8 Å². The molecule has 1 aliphatic rings. The minimum Gasteiger partial charge on any atom is -0.372 e. The van der Waals surface area contributed by atoms with Gasteiger partial charge in [0.05, 0.1) is 11.7 Å². The predicted octanol–water partition coefficient (Wildman–Crippen LogP) is 1.47. The quantitative estimate of drug-likeness (QED) is 0.699. The molecular weight excluding hydrogens is 190 g/mol. The van der Waals surface area contributed by atoms with Crippen molar-refractivity contribution in [2.24, 2.45) is 0 Å². The van der Waals surface area contributed by atoms with Crippen LogP contribution in [0.3, 0.4) is 0 Å². The Morgan fingerprint density at radius 1 is 1.40 bits per heavy atom. The van der Waals surface area contributed by atoms with Gasteiger partial charge in [-0.2, -0.15) is 0 Å². The number of carbonyl (C=O) groups excluding carboxylic acids is 1. The highest BCUT2D eigenvalue weighted by molar-refractivity contribution is 5.93. The summed E-state index contributed by atoms with van der Waals surface area (Å²) in [7, 11) is 0. The van der Waals surface area contributed by atoms with E-state index in [1.54, 1.807) is 6.92 Å². The van der Waals surface area contributed by atoms with Crippen LogP contribution in [0, 0.1) is 11.8 Å². The van der Waals surface area contributed by atoms with E-state index in [4.69, 9.17) is 4.74 Å². The summed E-state index contributed by atoms with van der Waals surface area (Å²) in [4.78, 5) is 11.1. The number of hydrogen-bond acceptors (Lipinski definition) is 2. The molecule has 0 unspecified atom stereocenters. The fraction of sp³-hybridized carbons (Fsp3) is 0.750. The Morgan fingerprint density at radius 3 is 2.47 bits per heavy atom. The van der Waals surface area contributed by atoms with Crippen LogP contribution in [0.4, 0.5) is 0 Å². The van der Waals surface area contributed by atoms with Crippen molar-refractivity contribution in [2.45, 2.75) is 58.3 Å². The summed E-state index contributed by atoms with van der Waals surface area (Å²) in [5, 5.41) is 2.84. The number of amides is 1. The number of nitrogens with one attached hydrogen (secondary N) is 1. The van der Waals surface area contributed by atoms with E-state index < -0.39 is 0 Å². The number of carbonyl (C=O) groups is 1. The van der Waals surface area contributed by atoms with Gasteiger partial charge >= 0.3 is 0 Å². The molecule has 1 N–H and O–H groups in total. The van der Waals surface area contributed by atoms with Gasteiger partial charge < -0.3 is 10.1 Å². The summed E-state index contributed by atoms with van der Waals surface area (Å²) < 4.78 is 5.76. The molecule has 3 nitrogen and oxygen atoms in total.